The van der Waals surface area contributed by atoms with Crippen LogP contribution in [0.25, 0.3) is 0 Å². The standard InChI is InChI=1S/C16H22N4O2/c1-10(2)15-18-19-16(22-15)11(3)17-14(21)12-8-6-7-9-13(12)20(4)5/h6-11H,1-5H3,(H,17,21)/t11-/m0/s1. The summed E-state index contributed by atoms with van der Waals surface area (Å²) in [6.45, 7) is 5.79. The molecule has 2 aromatic rings. The summed E-state index contributed by atoms with van der Waals surface area (Å²) in [7, 11) is 3.81. The Bertz CT molecular complexity index is 649. The van der Waals surface area contributed by atoms with Crippen molar-refractivity contribution in [3.63, 3.8) is 0 Å². The van der Waals surface area contributed by atoms with E-state index in [-0.39, 0.29) is 17.9 Å². The quantitative estimate of drug-likeness (QED) is 0.919. The van der Waals surface area contributed by atoms with Gasteiger partial charge < -0.3 is 14.6 Å². The summed E-state index contributed by atoms with van der Waals surface area (Å²) in [6.07, 6.45) is 0. The van der Waals surface area contributed by atoms with E-state index in [9.17, 15) is 4.79 Å². The third-order valence-corrected chi connectivity index (χ3v) is 3.30. The Labute approximate surface area is 130 Å². The number of benzene rings is 1. The molecule has 1 amide bonds. The SMILES string of the molecule is CC(C)c1nnc([C@H](C)NC(=O)c2ccccc2N(C)C)o1. The van der Waals surface area contributed by atoms with Crippen LogP contribution in [-0.2, 0) is 0 Å². The first-order valence-corrected chi connectivity index (χ1v) is 7.30. The minimum Gasteiger partial charge on any atom is -0.423 e. The van der Waals surface area contributed by atoms with Gasteiger partial charge in [0.2, 0.25) is 11.8 Å². The van der Waals surface area contributed by atoms with Gasteiger partial charge in [-0.1, -0.05) is 26.0 Å². The molecule has 0 aliphatic rings. The molecule has 0 aliphatic heterocycles. The first-order chi connectivity index (χ1) is 10.4. The van der Waals surface area contributed by atoms with E-state index in [0.717, 1.165) is 5.69 Å². The van der Waals surface area contributed by atoms with Gasteiger partial charge in [-0.15, -0.1) is 10.2 Å². The first-order valence-electron chi connectivity index (χ1n) is 7.30. The van der Waals surface area contributed by atoms with Crippen LogP contribution >= 0.6 is 0 Å². The fourth-order valence-corrected chi connectivity index (χ4v) is 2.05. The van der Waals surface area contributed by atoms with Gasteiger partial charge in [0.15, 0.2) is 0 Å². The number of anilines is 1. The van der Waals surface area contributed by atoms with E-state index in [4.69, 9.17) is 4.42 Å². The Morgan fingerprint density at radius 1 is 1.14 bits per heavy atom. The number of aromatic nitrogens is 2. The van der Waals surface area contributed by atoms with Crippen molar-refractivity contribution in [2.24, 2.45) is 0 Å². The minimum absolute atomic E-state index is 0.165. The average Bonchev–Trinajstić information content (AvgIpc) is 2.97. The second-order valence-corrected chi connectivity index (χ2v) is 5.74. The molecule has 0 radical (unpaired) electrons. The lowest BCUT2D eigenvalue weighted by Crippen LogP contribution is -2.28. The zero-order valence-corrected chi connectivity index (χ0v) is 13.6. The lowest BCUT2D eigenvalue weighted by Gasteiger charge is -2.18. The highest BCUT2D eigenvalue weighted by atomic mass is 16.4. The molecule has 0 bridgehead atoms. The number of para-hydroxylation sites is 1. The maximum Gasteiger partial charge on any atom is 0.254 e. The number of nitrogens with one attached hydrogen (secondary N) is 1. The van der Waals surface area contributed by atoms with E-state index in [2.05, 4.69) is 15.5 Å². The molecule has 0 aliphatic carbocycles. The number of hydrogen-bond donors (Lipinski definition) is 1. The summed E-state index contributed by atoms with van der Waals surface area (Å²) < 4.78 is 5.57. The van der Waals surface area contributed by atoms with Crippen molar-refractivity contribution in [2.45, 2.75) is 32.7 Å². The molecule has 2 rings (SSSR count). The number of carbonyl (C=O) groups is 1. The lowest BCUT2D eigenvalue weighted by atomic mass is 10.1. The normalized spacial score (nSPS) is 12.3. The van der Waals surface area contributed by atoms with Crippen molar-refractivity contribution in [3.05, 3.63) is 41.6 Å². The Kier molecular flexibility index (Phi) is 4.80. The van der Waals surface area contributed by atoms with Crippen LogP contribution < -0.4 is 10.2 Å². The number of carbonyl (C=O) groups excluding carboxylic acids is 1. The molecule has 0 fully saturated rings. The van der Waals surface area contributed by atoms with E-state index < -0.39 is 0 Å². The van der Waals surface area contributed by atoms with Gasteiger partial charge in [0.25, 0.3) is 5.91 Å². The number of hydrogen-bond acceptors (Lipinski definition) is 5. The van der Waals surface area contributed by atoms with Crippen LogP contribution in [0, 0.1) is 0 Å². The molecular weight excluding hydrogens is 280 g/mol. The van der Waals surface area contributed by atoms with Crippen LogP contribution in [0.3, 0.4) is 0 Å². The molecule has 6 nitrogen and oxygen atoms in total. The smallest absolute Gasteiger partial charge is 0.254 e. The van der Waals surface area contributed by atoms with Crippen molar-refractivity contribution < 1.29 is 9.21 Å². The molecule has 0 unspecified atom stereocenters. The summed E-state index contributed by atoms with van der Waals surface area (Å²) in [5.41, 5.74) is 1.48. The van der Waals surface area contributed by atoms with E-state index in [1.54, 1.807) is 6.07 Å². The van der Waals surface area contributed by atoms with Gasteiger partial charge in [-0.25, -0.2) is 0 Å². The first kappa shape index (κ1) is 16.0. The zero-order valence-electron chi connectivity index (χ0n) is 13.6. The van der Waals surface area contributed by atoms with Gasteiger partial charge in [0.05, 0.1) is 5.56 Å². The van der Waals surface area contributed by atoms with Crippen LogP contribution in [0.2, 0.25) is 0 Å². The maximum absolute atomic E-state index is 12.5. The Hall–Kier alpha value is -2.37. The molecule has 1 heterocycles. The summed E-state index contributed by atoms with van der Waals surface area (Å²) in [6, 6.07) is 7.11. The molecule has 1 N–H and O–H groups in total. The predicted molar refractivity (Wildman–Crippen MR) is 85.0 cm³/mol. The van der Waals surface area contributed by atoms with Crippen LogP contribution in [0.1, 0.15) is 54.9 Å². The van der Waals surface area contributed by atoms with Gasteiger partial charge in [0, 0.05) is 25.7 Å². The average molecular weight is 302 g/mol. The van der Waals surface area contributed by atoms with Gasteiger partial charge in [-0.3, -0.25) is 4.79 Å². The third-order valence-electron chi connectivity index (χ3n) is 3.30. The van der Waals surface area contributed by atoms with Gasteiger partial charge in [-0.2, -0.15) is 0 Å². The summed E-state index contributed by atoms with van der Waals surface area (Å²) >= 11 is 0. The molecule has 1 atom stereocenters. The van der Waals surface area contributed by atoms with Crippen LogP contribution in [0.5, 0.6) is 0 Å². The molecule has 0 saturated heterocycles. The highest BCUT2D eigenvalue weighted by molar-refractivity contribution is 5.99. The lowest BCUT2D eigenvalue weighted by molar-refractivity contribution is 0.0934. The minimum atomic E-state index is -0.345. The van der Waals surface area contributed by atoms with E-state index in [0.29, 0.717) is 17.3 Å². The second kappa shape index (κ2) is 6.60. The van der Waals surface area contributed by atoms with Gasteiger partial charge in [0.1, 0.15) is 6.04 Å². The van der Waals surface area contributed by atoms with Crippen molar-refractivity contribution in [2.75, 3.05) is 19.0 Å². The van der Waals surface area contributed by atoms with E-state index in [1.807, 2.05) is 58.0 Å². The van der Waals surface area contributed by atoms with Crippen molar-refractivity contribution in [1.82, 2.24) is 15.5 Å². The van der Waals surface area contributed by atoms with E-state index >= 15 is 0 Å². The Balaban J connectivity index is 2.14. The van der Waals surface area contributed by atoms with E-state index in [1.165, 1.54) is 0 Å². The summed E-state index contributed by atoms with van der Waals surface area (Å²) in [5.74, 6) is 0.990. The third kappa shape index (κ3) is 3.44. The number of rotatable bonds is 5. The molecular formula is C16H22N4O2. The fourth-order valence-electron chi connectivity index (χ4n) is 2.05. The summed E-state index contributed by atoms with van der Waals surface area (Å²) in [4.78, 5) is 14.4. The maximum atomic E-state index is 12.5. The molecule has 0 spiro atoms. The highest BCUT2D eigenvalue weighted by Crippen LogP contribution is 2.20. The molecule has 1 aromatic carbocycles. The van der Waals surface area contributed by atoms with Gasteiger partial charge >= 0.3 is 0 Å². The molecule has 6 heteroatoms. The van der Waals surface area contributed by atoms with Gasteiger partial charge in [-0.05, 0) is 19.1 Å². The van der Waals surface area contributed by atoms with Crippen molar-refractivity contribution in [1.29, 1.82) is 0 Å². The van der Waals surface area contributed by atoms with Crippen LogP contribution in [0.4, 0.5) is 5.69 Å². The monoisotopic (exact) mass is 302 g/mol. The number of amides is 1. The topological polar surface area (TPSA) is 71.3 Å². The highest BCUT2D eigenvalue weighted by Gasteiger charge is 2.20. The van der Waals surface area contributed by atoms with Crippen LogP contribution in [0.15, 0.2) is 28.7 Å². The fraction of sp³-hybridized carbons (Fsp3) is 0.438. The number of nitrogens with zero attached hydrogens (tertiary/aromatic N) is 3. The Morgan fingerprint density at radius 3 is 2.36 bits per heavy atom. The van der Waals surface area contributed by atoms with Crippen molar-refractivity contribution in [3.8, 4) is 0 Å². The predicted octanol–water partition coefficient (Wildman–Crippen LogP) is 2.75. The molecule has 0 saturated carbocycles. The summed E-state index contributed by atoms with van der Waals surface area (Å²) in [5, 5.41) is 10.9. The second-order valence-electron chi connectivity index (χ2n) is 5.74. The van der Waals surface area contributed by atoms with Crippen LogP contribution in [-0.4, -0.2) is 30.2 Å². The zero-order chi connectivity index (χ0) is 16.3. The molecule has 22 heavy (non-hydrogen) atoms. The van der Waals surface area contributed by atoms with Crippen molar-refractivity contribution >= 4 is 11.6 Å². The Morgan fingerprint density at radius 2 is 1.77 bits per heavy atom. The molecule has 1 aromatic heterocycles. The largest absolute Gasteiger partial charge is 0.423 e. The molecule has 118 valence electrons.